The van der Waals surface area contributed by atoms with Gasteiger partial charge in [0.1, 0.15) is 5.82 Å². The summed E-state index contributed by atoms with van der Waals surface area (Å²) in [5, 5.41) is 0. The molecule has 2 aliphatic heterocycles. The Kier molecular flexibility index (Phi) is 5.56. The number of nitrogens with zero attached hydrogens (tertiary/aromatic N) is 4. The number of morpholine rings is 1. The molecule has 0 bridgehead atoms. The first-order valence-electron chi connectivity index (χ1n) is 9.65. The summed E-state index contributed by atoms with van der Waals surface area (Å²) in [6.07, 6.45) is 6.85. The third kappa shape index (κ3) is 4.39. The van der Waals surface area contributed by atoms with Crippen molar-refractivity contribution in [3.63, 3.8) is 0 Å². The number of aryl methyl sites for hydroxylation is 2. The second-order valence-electron chi connectivity index (χ2n) is 7.52. The first kappa shape index (κ1) is 18.6. The molecule has 0 atom stereocenters. The molecule has 4 heterocycles. The van der Waals surface area contributed by atoms with Crippen molar-refractivity contribution in [1.29, 1.82) is 0 Å². The Labute approximate surface area is 163 Å². The summed E-state index contributed by atoms with van der Waals surface area (Å²) < 4.78 is 6.20. The van der Waals surface area contributed by atoms with Gasteiger partial charge in [0, 0.05) is 49.9 Å². The number of aromatic nitrogens is 3. The molecular formula is C19H27N5O2S. The number of hydrogen-bond donors (Lipinski definition) is 1. The molecule has 7 nitrogen and oxygen atoms in total. The molecule has 2 aliphatic rings. The van der Waals surface area contributed by atoms with Gasteiger partial charge in [-0.25, -0.2) is 9.97 Å². The lowest BCUT2D eigenvalue weighted by molar-refractivity contribution is -0.151. The summed E-state index contributed by atoms with van der Waals surface area (Å²) in [6.45, 7) is 7.00. The molecule has 1 amide bonds. The maximum Gasteiger partial charge on any atom is 0.222 e. The van der Waals surface area contributed by atoms with E-state index in [0.29, 0.717) is 6.42 Å². The number of thiazole rings is 1. The molecule has 1 spiro atoms. The van der Waals surface area contributed by atoms with Gasteiger partial charge in [-0.3, -0.25) is 9.69 Å². The Morgan fingerprint density at radius 3 is 2.89 bits per heavy atom. The van der Waals surface area contributed by atoms with Crippen LogP contribution in [0.1, 0.15) is 35.7 Å². The highest BCUT2D eigenvalue weighted by Gasteiger charge is 2.40. The fourth-order valence-corrected chi connectivity index (χ4v) is 4.85. The van der Waals surface area contributed by atoms with Crippen LogP contribution in [0.15, 0.2) is 17.9 Å². The van der Waals surface area contributed by atoms with Crippen molar-refractivity contribution in [3.8, 4) is 0 Å². The van der Waals surface area contributed by atoms with Crippen molar-refractivity contribution >= 4 is 17.2 Å². The molecule has 0 radical (unpaired) electrons. The van der Waals surface area contributed by atoms with Gasteiger partial charge in [0.05, 0.1) is 30.0 Å². The van der Waals surface area contributed by atoms with Gasteiger partial charge >= 0.3 is 0 Å². The fraction of sp³-hybridized carbons (Fsp3) is 0.632. The summed E-state index contributed by atoms with van der Waals surface area (Å²) >= 11 is 1.64. The number of imidazole rings is 1. The predicted octanol–water partition coefficient (Wildman–Crippen LogP) is 2.00. The predicted molar refractivity (Wildman–Crippen MR) is 104 cm³/mol. The van der Waals surface area contributed by atoms with Crippen LogP contribution in [0.3, 0.4) is 0 Å². The zero-order valence-electron chi connectivity index (χ0n) is 15.8. The summed E-state index contributed by atoms with van der Waals surface area (Å²) in [5.74, 6) is 1.25. The highest BCUT2D eigenvalue weighted by molar-refractivity contribution is 7.09. The molecule has 27 heavy (non-hydrogen) atoms. The fourth-order valence-electron chi connectivity index (χ4n) is 4.07. The Bertz CT molecular complexity index is 752. The quantitative estimate of drug-likeness (QED) is 0.847. The van der Waals surface area contributed by atoms with Crippen LogP contribution in [0, 0.1) is 6.92 Å². The van der Waals surface area contributed by atoms with Crippen LogP contribution in [-0.4, -0.2) is 69.0 Å². The van der Waals surface area contributed by atoms with Crippen molar-refractivity contribution in [1.82, 2.24) is 24.8 Å². The van der Waals surface area contributed by atoms with Crippen LogP contribution in [0.25, 0.3) is 0 Å². The van der Waals surface area contributed by atoms with Gasteiger partial charge in [0.25, 0.3) is 0 Å². The topological polar surface area (TPSA) is 74.4 Å². The lowest BCUT2D eigenvalue weighted by atomic mass is 9.89. The molecule has 0 unspecified atom stereocenters. The van der Waals surface area contributed by atoms with Gasteiger partial charge in [0.2, 0.25) is 5.91 Å². The number of nitrogens with one attached hydrogen (secondary N) is 1. The maximum atomic E-state index is 12.6. The number of amides is 1. The summed E-state index contributed by atoms with van der Waals surface area (Å²) in [4.78, 5) is 30.0. The maximum absolute atomic E-state index is 12.6. The molecule has 146 valence electrons. The summed E-state index contributed by atoms with van der Waals surface area (Å²) in [6, 6.07) is 0. The number of aromatic amines is 1. The normalized spacial score (nSPS) is 20.3. The largest absolute Gasteiger partial charge is 0.372 e. The minimum Gasteiger partial charge on any atom is -0.372 e. The first-order chi connectivity index (χ1) is 13.1. The van der Waals surface area contributed by atoms with E-state index in [0.717, 1.165) is 70.1 Å². The first-order valence-corrected chi connectivity index (χ1v) is 10.5. The number of H-pyrrole nitrogens is 1. The lowest BCUT2D eigenvalue weighted by Gasteiger charge is -2.47. The van der Waals surface area contributed by atoms with Gasteiger partial charge in [0.15, 0.2) is 0 Å². The minimum absolute atomic E-state index is 0.115. The Balaban J connectivity index is 1.27. The standard InChI is InChI=1S/C19H27N5O2S/c1-15-16(27-14-22-15)2-3-18(25)24-8-4-19(5-9-24)13-23(10-11-26-19)12-17-20-6-7-21-17/h6-7,14H,2-5,8-13H2,1H3,(H,20,21). The number of ether oxygens (including phenoxy) is 1. The molecule has 4 rings (SSSR count). The Morgan fingerprint density at radius 2 is 2.19 bits per heavy atom. The number of carbonyl (C=O) groups is 1. The van der Waals surface area contributed by atoms with E-state index in [2.05, 4.69) is 19.9 Å². The lowest BCUT2D eigenvalue weighted by Crippen LogP contribution is -2.57. The third-order valence-corrected chi connectivity index (χ3v) is 6.69. The van der Waals surface area contributed by atoms with Crippen LogP contribution in [0.4, 0.5) is 0 Å². The van der Waals surface area contributed by atoms with Crippen LogP contribution >= 0.6 is 11.3 Å². The molecule has 0 aromatic carbocycles. The molecule has 2 aromatic heterocycles. The van der Waals surface area contributed by atoms with Gasteiger partial charge in [-0.1, -0.05) is 0 Å². The number of likely N-dealkylation sites (tertiary alicyclic amines) is 1. The molecule has 1 N–H and O–H groups in total. The van der Waals surface area contributed by atoms with Crippen LogP contribution < -0.4 is 0 Å². The van der Waals surface area contributed by atoms with Crippen LogP contribution in [-0.2, 0) is 22.5 Å². The van der Waals surface area contributed by atoms with E-state index in [1.165, 1.54) is 4.88 Å². The molecule has 2 saturated heterocycles. The molecule has 2 fully saturated rings. The molecular weight excluding hydrogens is 362 g/mol. The third-order valence-electron chi connectivity index (χ3n) is 5.69. The van der Waals surface area contributed by atoms with E-state index in [1.54, 1.807) is 17.5 Å². The van der Waals surface area contributed by atoms with Gasteiger partial charge in [-0.15, -0.1) is 11.3 Å². The Hall–Kier alpha value is -1.77. The molecule has 2 aromatic rings. The summed E-state index contributed by atoms with van der Waals surface area (Å²) in [5.41, 5.74) is 2.79. The van der Waals surface area contributed by atoms with Gasteiger partial charge < -0.3 is 14.6 Å². The monoisotopic (exact) mass is 389 g/mol. The van der Waals surface area contributed by atoms with E-state index in [-0.39, 0.29) is 11.5 Å². The average molecular weight is 390 g/mol. The second-order valence-corrected chi connectivity index (χ2v) is 8.46. The second kappa shape index (κ2) is 8.08. The average Bonchev–Trinajstić information content (AvgIpc) is 3.32. The zero-order valence-corrected chi connectivity index (χ0v) is 16.6. The van der Waals surface area contributed by atoms with Crippen molar-refractivity contribution in [3.05, 3.63) is 34.3 Å². The van der Waals surface area contributed by atoms with E-state index in [1.807, 2.05) is 23.5 Å². The van der Waals surface area contributed by atoms with Crippen molar-refractivity contribution in [2.24, 2.45) is 0 Å². The molecule has 8 heteroatoms. The molecule has 0 saturated carbocycles. The number of hydrogen-bond acceptors (Lipinski definition) is 6. The van der Waals surface area contributed by atoms with Crippen molar-refractivity contribution in [2.45, 2.75) is 44.8 Å². The van der Waals surface area contributed by atoms with E-state index in [9.17, 15) is 4.79 Å². The molecule has 0 aliphatic carbocycles. The number of carbonyl (C=O) groups excluding carboxylic acids is 1. The van der Waals surface area contributed by atoms with Gasteiger partial charge in [-0.2, -0.15) is 0 Å². The van der Waals surface area contributed by atoms with Crippen LogP contribution in [0.2, 0.25) is 0 Å². The minimum atomic E-state index is -0.115. The Morgan fingerprint density at radius 1 is 1.33 bits per heavy atom. The van der Waals surface area contributed by atoms with Crippen molar-refractivity contribution < 1.29 is 9.53 Å². The smallest absolute Gasteiger partial charge is 0.222 e. The van der Waals surface area contributed by atoms with E-state index in [4.69, 9.17) is 4.74 Å². The highest BCUT2D eigenvalue weighted by Crippen LogP contribution is 2.31. The van der Waals surface area contributed by atoms with Crippen LogP contribution in [0.5, 0.6) is 0 Å². The van der Waals surface area contributed by atoms with Gasteiger partial charge in [-0.05, 0) is 26.2 Å². The zero-order chi connectivity index (χ0) is 18.7. The van der Waals surface area contributed by atoms with E-state index < -0.39 is 0 Å². The number of rotatable bonds is 5. The SMILES string of the molecule is Cc1ncsc1CCC(=O)N1CCC2(CC1)CN(Cc1ncc[nH]1)CCO2. The highest BCUT2D eigenvalue weighted by atomic mass is 32.1. The number of piperidine rings is 1. The van der Waals surface area contributed by atoms with Crippen molar-refractivity contribution in [2.75, 3.05) is 32.8 Å². The van der Waals surface area contributed by atoms with E-state index >= 15 is 0 Å². The summed E-state index contributed by atoms with van der Waals surface area (Å²) in [7, 11) is 0.